The number of ketones is 1. The number of hydrogen-bond donors (Lipinski definition) is 0. The molecular formula is C12H11MnO3. The molecular weight excluding hydrogens is 247 g/mol. The SMILES string of the molecule is O=C1C=CCC1.[C-]#[O+].[C-]#[O+].[CH]1[CH][CH][CH][CH]1.[Mn]. The predicted octanol–water partition coefficient (Wildman–Crippen LogP) is 1.85. The molecule has 0 atom stereocenters. The fraction of sp³-hybridized carbons (Fsp3) is 0.167. The van der Waals surface area contributed by atoms with Crippen LogP contribution in [-0.2, 0) is 31.2 Å². The average Bonchev–Trinajstić information content (AvgIpc) is 2.98. The number of carbonyl (C=O) groups is 1. The number of carbonyl (C=O) groups excluding carboxylic acids is 1. The summed E-state index contributed by atoms with van der Waals surface area (Å²) < 4.78 is 15.0. The summed E-state index contributed by atoms with van der Waals surface area (Å²) in [6.07, 6.45) is 15.2. The van der Waals surface area contributed by atoms with Crippen molar-refractivity contribution in [3.8, 4) is 0 Å². The zero-order chi connectivity index (χ0) is 11.9. The van der Waals surface area contributed by atoms with E-state index in [9.17, 15) is 4.79 Å². The second kappa shape index (κ2) is 19.9. The van der Waals surface area contributed by atoms with Crippen molar-refractivity contribution in [3.05, 3.63) is 57.6 Å². The first-order valence-corrected chi connectivity index (χ1v) is 4.16. The van der Waals surface area contributed by atoms with E-state index < -0.39 is 0 Å². The molecule has 4 heteroatoms. The minimum Gasteiger partial charge on any atom is -0.0312 e. The molecule has 0 aromatic heterocycles. The molecule has 3 nitrogen and oxygen atoms in total. The van der Waals surface area contributed by atoms with Gasteiger partial charge in [0.25, 0.3) is 0 Å². The number of hydrogen-bond acceptors (Lipinski definition) is 1. The standard InChI is InChI=1S/C5H6O.C5H5.2CO.Mn/c6-5-3-1-2-4-5;1-2-4-5-3-1;2*1-2;/h1,3H,2,4H2;1-5H;;;. The van der Waals surface area contributed by atoms with Crippen LogP contribution in [0, 0.1) is 45.4 Å². The van der Waals surface area contributed by atoms with E-state index in [0.29, 0.717) is 0 Å². The maximum absolute atomic E-state index is 10.2. The monoisotopic (exact) mass is 258 g/mol. The molecule has 0 saturated heterocycles. The normalized spacial score (nSPS) is 15.1. The van der Waals surface area contributed by atoms with Crippen LogP contribution in [0.5, 0.6) is 0 Å². The van der Waals surface area contributed by atoms with E-state index in [4.69, 9.17) is 9.30 Å². The molecule has 0 N–H and O–H groups in total. The molecule has 0 unspecified atom stereocenters. The molecule has 0 aliphatic heterocycles. The maximum atomic E-state index is 10.2. The fourth-order valence-corrected chi connectivity index (χ4v) is 0.844. The summed E-state index contributed by atoms with van der Waals surface area (Å²) in [5.74, 6) is 0.273. The van der Waals surface area contributed by atoms with Crippen LogP contribution in [-0.4, -0.2) is 5.78 Å². The smallest absolute Gasteiger partial charge is 0 e. The van der Waals surface area contributed by atoms with Gasteiger partial charge in [-0.1, -0.05) is 6.08 Å². The van der Waals surface area contributed by atoms with Crippen molar-refractivity contribution >= 4 is 5.78 Å². The Morgan fingerprint density at radius 3 is 1.44 bits per heavy atom. The van der Waals surface area contributed by atoms with Crippen LogP contribution >= 0.6 is 0 Å². The summed E-state index contributed by atoms with van der Waals surface area (Å²) in [7, 11) is 0. The molecule has 6 radical (unpaired) electrons. The average molecular weight is 258 g/mol. The summed E-state index contributed by atoms with van der Waals surface area (Å²) in [4.78, 5) is 10.2. The minimum atomic E-state index is 0. The van der Waals surface area contributed by atoms with Gasteiger partial charge in [0.05, 0.1) is 0 Å². The van der Waals surface area contributed by atoms with Crippen molar-refractivity contribution in [1.82, 2.24) is 0 Å². The zero-order valence-corrected chi connectivity index (χ0v) is 9.74. The molecule has 2 aliphatic carbocycles. The Balaban J connectivity index is -0.000000156. The van der Waals surface area contributed by atoms with E-state index in [1.165, 1.54) is 0 Å². The van der Waals surface area contributed by atoms with Crippen LogP contribution in [0.2, 0.25) is 0 Å². The van der Waals surface area contributed by atoms with Crippen molar-refractivity contribution in [1.29, 1.82) is 0 Å². The van der Waals surface area contributed by atoms with Gasteiger partial charge in [-0.15, -0.1) is 0 Å². The molecule has 0 heterocycles. The van der Waals surface area contributed by atoms with Crippen molar-refractivity contribution in [2.45, 2.75) is 12.8 Å². The van der Waals surface area contributed by atoms with E-state index in [0.717, 1.165) is 12.8 Å². The number of rotatable bonds is 0. The van der Waals surface area contributed by atoms with Gasteiger partial charge in [-0.2, -0.15) is 0 Å². The quantitative estimate of drug-likeness (QED) is 0.371. The van der Waals surface area contributed by atoms with Gasteiger partial charge in [-0.25, -0.2) is 0 Å². The van der Waals surface area contributed by atoms with Gasteiger partial charge in [0.15, 0.2) is 5.78 Å². The van der Waals surface area contributed by atoms with Gasteiger partial charge in [0.1, 0.15) is 0 Å². The second-order valence-corrected chi connectivity index (χ2v) is 2.37. The first kappa shape index (κ1) is 20.8. The van der Waals surface area contributed by atoms with Crippen LogP contribution in [0.3, 0.4) is 0 Å². The van der Waals surface area contributed by atoms with E-state index in [1.54, 1.807) is 6.08 Å². The van der Waals surface area contributed by atoms with Crippen LogP contribution in [0.15, 0.2) is 12.2 Å². The third kappa shape index (κ3) is 15.9. The van der Waals surface area contributed by atoms with Crippen molar-refractivity contribution in [2.75, 3.05) is 0 Å². The topological polar surface area (TPSA) is 56.9 Å². The Bertz CT molecular complexity index is 201. The minimum absolute atomic E-state index is 0. The third-order valence-corrected chi connectivity index (χ3v) is 1.42. The Morgan fingerprint density at radius 2 is 1.31 bits per heavy atom. The molecule has 0 aromatic carbocycles. The van der Waals surface area contributed by atoms with Gasteiger partial charge >= 0.3 is 22.6 Å². The van der Waals surface area contributed by atoms with E-state index in [-0.39, 0.29) is 22.9 Å². The Morgan fingerprint density at radius 1 is 0.938 bits per heavy atom. The van der Waals surface area contributed by atoms with Crippen molar-refractivity contribution in [2.24, 2.45) is 0 Å². The summed E-state index contributed by atoms with van der Waals surface area (Å²) in [6.45, 7) is 9.00. The fourth-order valence-electron chi connectivity index (χ4n) is 0.844. The molecule has 1 fully saturated rings. The first-order valence-electron chi connectivity index (χ1n) is 4.16. The molecule has 0 aromatic rings. The van der Waals surface area contributed by atoms with Gasteiger partial charge < -0.3 is 0 Å². The van der Waals surface area contributed by atoms with E-state index in [1.807, 2.05) is 38.2 Å². The van der Waals surface area contributed by atoms with Crippen LogP contribution in [0.25, 0.3) is 0 Å². The Labute approximate surface area is 108 Å². The van der Waals surface area contributed by atoms with E-state index >= 15 is 0 Å². The molecule has 1 saturated carbocycles. The molecule has 2 aliphatic rings. The van der Waals surface area contributed by atoms with Crippen LogP contribution in [0.1, 0.15) is 12.8 Å². The summed E-state index contributed by atoms with van der Waals surface area (Å²) in [5, 5.41) is 0. The maximum Gasteiger partial charge on any atom is 0 e. The van der Waals surface area contributed by atoms with E-state index in [2.05, 4.69) is 13.3 Å². The third-order valence-electron chi connectivity index (χ3n) is 1.42. The van der Waals surface area contributed by atoms with Crippen LogP contribution in [0.4, 0.5) is 0 Å². The van der Waals surface area contributed by atoms with Gasteiger partial charge in [0, 0.05) is 23.5 Å². The Hall–Kier alpha value is -0.591. The molecule has 84 valence electrons. The predicted molar refractivity (Wildman–Crippen MR) is 52.7 cm³/mol. The molecule has 16 heavy (non-hydrogen) atoms. The summed E-state index contributed by atoms with van der Waals surface area (Å²) in [6, 6.07) is 0. The van der Waals surface area contributed by atoms with Gasteiger partial charge in [0.2, 0.25) is 0 Å². The molecule has 0 spiro atoms. The van der Waals surface area contributed by atoms with Crippen LogP contribution < -0.4 is 0 Å². The number of allylic oxidation sites excluding steroid dienone is 2. The van der Waals surface area contributed by atoms with Gasteiger partial charge in [-0.3, -0.25) is 4.79 Å². The largest absolute Gasteiger partial charge is 0.0312 e. The Kier molecular flexibility index (Phi) is 25.8. The second-order valence-electron chi connectivity index (χ2n) is 2.37. The molecule has 0 amide bonds. The van der Waals surface area contributed by atoms with Gasteiger partial charge in [-0.05, 0) is 44.6 Å². The van der Waals surface area contributed by atoms with Crippen molar-refractivity contribution in [3.63, 3.8) is 0 Å². The summed E-state index contributed by atoms with van der Waals surface area (Å²) in [5.41, 5.74) is 0. The molecule has 2 rings (SSSR count). The van der Waals surface area contributed by atoms with Crippen molar-refractivity contribution < 1.29 is 31.2 Å². The first-order chi connectivity index (χ1) is 7.39. The summed E-state index contributed by atoms with van der Waals surface area (Å²) >= 11 is 0. The zero-order valence-electron chi connectivity index (χ0n) is 8.56. The molecule has 0 bridgehead atoms.